The summed E-state index contributed by atoms with van der Waals surface area (Å²) in [5.74, 6) is 0.208. The minimum Gasteiger partial charge on any atom is -0.371 e. The number of amides is 2. The van der Waals surface area contributed by atoms with E-state index in [4.69, 9.17) is 0 Å². The van der Waals surface area contributed by atoms with Gasteiger partial charge in [0.15, 0.2) is 0 Å². The van der Waals surface area contributed by atoms with Crippen molar-refractivity contribution in [3.63, 3.8) is 0 Å². The maximum absolute atomic E-state index is 13.6. The van der Waals surface area contributed by atoms with Crippen molar-refractivity contribution in [2.24, 2.45) is 5.41 Å². The fourth-order valence-electron chi connectivity index (χ4n) is 6.77. The molecule has 40 heavy (non-hydrogen) atoms. The van der Waals surface area contributed by atoms with Crippen molar-refractivity contribution in [2.75, 3.05) is 37.6 Å². The summed E-state index contributed by atoms with van der Waals surface area (Å²) in [7, 11) is 0. The van der Waals surface area contributed by atoms with Crippen LogP contribution in [0.2, 0.25) is 0 Å². The van der Waals surface area contributed by atoms with Gasteiger partial charge in [-0.15, -0.1) is 11.3 Å². The number of anilines is 1. The normalized spacial score (nSPS) is 18.6. The van der Waals surface area contributed by atoms with Gasteiger partial charge in [0, 0.05) is 67.6 Å². The van der Waals surface area contributed by atoms with Crippen molar-refractivity contribution in [3.8, 4) is 0 Å². The SMILES string of the molecule is O=C(c1ccc2c(c1)CN(C(=O)c1cc3ccccc3s1)CC2)N1CCC2(CC1)CCN(c1ccncc1)CC2. The topological polar surface area (TPSA) is 56.8 Å². The van der Waals surface area contributed by atoms with E-state index in [0.29, 0.717) is 18.5 Å². The van der Waals surface area contributed by atoms with Crippen LogP contribution < -0.4 is 4.90 Å². The monoisotopic (exact) mass is 550 g/mol. The predicted octanol–water partition coefficient (Wildman–Crippen LogP) is 6.02. The number of benzene rings is 2. The highest BCUT2D eigenvalue weighted by molar-refractivity contribution is 7.20. The number of carbonyl (C=O) groups is 2. The van der Waals surface area contributed by atoms with Gasteiger partial charge in [0.2, 0.25) is 0 Å². The van der Waals surface area contributed by atoms with Crippen LogP contribution in [0.5, 0.6) is 0 Å². The lowest BCUT2D eigenvalue weighted by molar-refractivity contribution is 0.0515. The van der Waals surface area contributed by atoms with Crippen molar-refractivity contribution < 1.29 is 9.59 Å². The lowest BCUT2D eigenvalue weighted by Gasteiger charge is -2.47. The van der Waals surface area contributed by atoms with Crippen LogP contribution in [0.15, 0.2) is 73.1 Å². The van der Waals surface area contributed by atoms with Gasteiger partial charge in [0.25, 0.3) is 11.8 Å². The van der Waals surface area contributed by atoms with Crippen LogP contribution in [-0.4, -0.2) is 59.3 Å². The van der Waals surface area contributed by atoms with Gasteiger partial charge in [-0.25, -0.2) is 0 Å². The number of hydrogen-bond acceptors (Lipinski definition) is 5. The van der Waals surface area contributed by atoms with E-state index in [9.17, 15) is 9.59 Å². The van der Waals surface area contributed by atoms with Gasteiger partial charge in [-0.3, -0.25) is 14.6 Å². The van der Waals surface area contributed by atoms with Crippen molar-refractivity contribution in [2.45, 2.75) is 38.6 Å². The molecule has 0 bridgehead atoms. The van der Waals surface area contributed by atoms with E-state index < -0.39 is 0 Å². The van der Waals surface area contributed by atoms with E-state index in [1.807, 2.05) is 52.5 Å². The molecule has 2 aromatic carbocycles. The summed E-state index contributed by atoms with van der Waals surface area (Å²) in [5.41, 5.74) is 4.70. The van der Waals surface area contributed by atoms with Crippen LogP contribution in [0, 0.1) is 5.41 Å². The zero-order valence-electron chi connectivity index (χ0n) is 22.7. The molecule has 0 N–H and O–H groups in total. The number of likely N-dealkylation sites (tertiary alicyclic amines) is 1. The smallest absolute Gasteiger partial charge is 0.264 e. The summed E-state index contributed by atoms with van der Waals surface area (Å²) in [5, 5.41) is 1.11. The third-order valence-electron chi connectivity index (χ3n) is 9.35. The van der Waals surface area contributed by atoms with Crippen LogP contribution in [0.3, 0.4) is 0 Å². The second kappa shape index (κ2) is 10.4. The molecular formula is C33H34N4O2S. The quantitative estimate of drug-likeness (QED) is 0.313. The van der Waals surface area contributed by atoms with Crippen molar-refractivity contribution in [1.29, 1.82) is 0 Å². The van der Waals surface area contributed by atoms with Gasteiger partial charge in [0.05, 0.1) is 4.88 Å². The average molecular weight is 551 g/mol. The molecule has 0 radical (unpaired) electrons. The van der Waals surface area contributed by atoms with Gasteiger partial charge < -0.3 is 14.7 Å². The number of rotatable bonds is 3. The van der Waals surface area contributed by atoms with Crippen LogP contribution in [0.4, 0.5) is 5.69 Å². The molecule has 6 nitrogen and oxygen atoms in total. The number of pyridine rings is 1. The Morgan fingerprint density at radius 1 is 0.750 bits per heavy atom. The van der Waals surface area contributed by atoms with Crippen molar-refractivity contribution in [3.05, 3.63) is 94.6 Å². The Hall–Kier alpha value is -3.71. The molecule has 7 rings (SSSR count). The fourth-order valence-corrected chi connectivity index (χ4v) is 7.80. The first-order valence-electron chi connectivity index (χ1n) is 14.4. The number of piperidine rings is 2. The van der Waals surface area contributed by atoms with E-state index in [1.165, 1.54) is 24.1 Å². The largest absolute Gasteiger partial charge is 0.371 e. The molecule has 5 heterocycles. The average Bonchev–Trinajstić information content (AvgIpc) is 3.46. The molecular weight excluding hydrogens is 516 g/mol. The van der Waals surface area contributed by atoms with E-state index in [-0.39, 0.29) is 11.8 Å². The molecule has 2 amide bonds. The molecule has 1 spiro atoms. The number of nitrogens with zero attached hydrogens (tertiary/aromatic N) is 4. The number of thiophene rings is 1. The molecule has 3 aliphatic rings. The number of carbonyl (C=O) groups excluding carboxylic acids is 2. The lowest BCUT2D eigenvalue weighted by Crippen LogP contribution is -2.48. The Morgan fingerprint density at radius 2 is 1.50 bits per heavy atom. The zero-order chi connectivity index (χ0) is 27.1. The molecule has 7 heteroatoms. The summed E-state index contributed by atoms with van der Waals surface area (Å²) >= 11 is 1.56. The first-order chi connectivity index (χ1) is 19.6. The Balaban J connectivity index is 0.987. The predicted molar refractivity (Wildman–Crippen MR) is 160 cm³/mol. The zero-order valence-corrected chi connectivity index (χ0v) is 23.5. The molecule has 0 saturated carbocycles. The summed E-state index contributed by atoms with van der Waals surface area (Å²) < 4.78 is 1.14. The third kappa shape index (κ3) is 4.77. The Morgan fingerprint density at radius 3 is 2.27 bits per heavy atom. The highest BCUT2D eigenvalue weighted by Gasteiger charge is 2.39. The van der Waals surface area contributed by atoms with Crippen molar-refractivity contribution >= 4 is 38.9 Å². The first-order valence-corrected chi connectivity index (χ1v) is 15.2. The van der Waals surface area contributed by atoms with E-state index in [2.05, 4.69) is 40.2 Å². The highest BCUT2D eigenvalue weighted by atomic mass is 32.1. The minimum absolute atomic E-state index is 0.0832. The fraction of sp³-hybridized carbons (Fsp3) is 0.364. The van der Waals surface area contributed by atoms with Crippen LogP contribution in [-0.2, 0) is 13.0 Å². The second-order valence-electron chi connectivity index (χ2n) is 11.6. The molecule has 4 aromatic rings. The number of fused-ring (bicyclic) bond motifs is 2. The van der Waals surface area contributed by atoms with Crippen LogP contribution in [0.25, 0.3) is 10.1 Å². The third-order valence-corrected chi connectivity index (χ3v) is 10.5. The van der Waals surface area contributed by atoms with Gasteiger partial charge >= 0.3 is 0 Å². The summed E-state index contributed by atoms with van der Waals surface area (Å²) in [4.78, 5) is 38.3. The molecule has 2 fully saturated rings. The van der Waals surface area contributed by atoms with Crippen LogP contribution >= 0.6 is 11.3 Å². The standard InChI is InChI=1S/C33H34N4O2S/c38-31(36-19-12-33(13-20-36)10-17-35(18-11-33)28-7-14-34-15-8-28)26-6-5-24-9-16-37(23-27(24)21-26)32(39)30-22-25-3-1-2-4-29(25)40-30/h1-8,14-15,21-22H,9-13,16-20,23H2. The van der Waals surface area contributed by atoms with E-state index >= 15 is 0 Å². The summed E-state index contributed by atoms with van der Waals surface area (Å²) in [6, 6.07) is 20.5. The molecule has 3 aliphatic heterocycles. The molecule has 0 atom stereocenters. The summed E-state index contributed by atoms with van der Waals surface area (Å²) in [6.07, 6.45) is 9.07. The van der Waals surface area contributed by atoms with Gasteiger partial charge in [0.1, 0.15) is 0 Å². The van der Waals surface area contributed by atoms with Crippen LogP contribution in [0.1, 0.15) is 56.8 Å². The maximum Gasteiger partial charge on any atom is 0.264 e. The van der Waals surface area contributed by atoms with Gasteiger partial charge in [-0.2, -0.15) is 0 Å². The molecule has 2 aromatic heterocycles. The maximum atomic E-state index is 13.6. The lowest BCUT2D eigenvalue weighted by atomic mass is 9.71. The van der Waals surface area contributed by atoms with E-state index in [0.717, 1.165) is 71.5 Å². The Bertz CT molecular complexity index is 1510. The molecule has 2 saturated heterocycles. The Kier molecular flexibility index (Phi) is 6.54. The Labute approximate surface area is 239 Å². The molecule has 0 unspecified atom stereocenters. The molecule has 204 valence electrons. The first kappa shape index (κ1) is 25.3. The van der Waals surface area contributed by atoms with Gasteiger partial charge in [-0.1, -0.05) is 24.3 Å². The number of hydrogen-bond donors (Lipinski definition) is 0. The second-order valence-corrected chi connectivity index (χ2v) is 12.7. The highest BCUT2D eigenvalue weighted by Crippen LogP contribution is 2.42. The van der Waals surface area contributed by atoms with E-state index in [1.54, 1.807) is 11.3 Å². The minimum atomic E-state index is 0.0832. The van der Waals surface area contributed by atoms with Gasteiger partial charge in [-0.05, 0) is 90.4 Å². The number of aromatic nitrogens is 1. The summed E-state index contributed by atoms with van der Waals surface area (Å²) in [6.45, 7) is 5.04. The van der Waals surface area contributed by atoms with Crippen molar-refractivity contribution in [1.82, 2.24) is 14.8 Å². The molecule has 0 aliphatic carbocycles.